The van der Waals surface area contributed by atoms with Gasteiger partial charge in [-0.25, -0.2) is 9.67 Å². The van der Waals surface area contributed by atoms with E-state index in [0.29, 0.717) is 13.0 Å². The van der Waals surface area contributed by atoms with Crippen molar-refractivity contribution in [1.82, 2.24) is 35.1 Å². The summed E-state index contributed by atoms with van der Waals surface area (Å²) in [5.74, 6) is 1.79. The molecular weight excluding hydrogens is 338 g/mol. The molecule has 0 fully saturated rings. The maximum absolute atomic E-state index is 12.4. The molecule has 2 aromatic heterocycles. The number of aryl methyl sites for hydroxylation is 2. The molecule has 0 aliphatic heterocycles. The Bertz CT molecular complexity index is 830. The van der Waals surface area contributed by atoms with Crippen LogP contribution in [0.25, 0.3) is 11.0 Å². The first kappa shape index (κ1) is 17.4. The highest BCUT2D eigenvalue weighted by molar-refractivity contribution is 7.98. The summed E-state index contributed by atoms with van der Waals surface area (Å²) in [5, 5.41) is 14.0. The van der Waals surface area contributed by atoms with Gasteiger partial charge in [0.15, 0.2) is 0 Å². The van der Waals surface area contributed by atoms with Gasteiger partial charge in [0, 0.05) is 13.5 Å². The molecule has 0 aliphatic carbocycles. The van der Waals surface area contributed by atoms with E-state index in [0.717, 1.165) is 29.0 Å². The van der Waals surface area contributed by atoms with Crippen LogP contribution < -0.4 is 5.32 Å². The molecule has 9 heteroatoms. The Morgan fingerprint density at radius 2 is 2.20 bits per heavy atom. The van der Waals surface area contributed by atoms with Crippen molar-refractivity contribution in [2.45, 2.75) is 25.4 Å². The Balaban J connectivity index is 1.74. The largest absolute Gasteiger partial charge is 0.346 e. The van der Waals surface area contributed by atoms with Crippen molar-refractivity contribution in [3.05, 3.63) is 36.4 Å². The molecule has 1 aromatic carbocycles. The lowest BCUT2D eigenvalue weighted by molar-refractivity contribution is -0.122. The molecule has 0 radical (unpaired) electrons. The monoisotopic (exact) mass is 359 g/mol. The van der Waals surface area contributed by atoms with Crippen LogP contribution in [0.15, 0.2) is 30.6 Å². The van der Waals surface area contributed by atoms with Crippen LogP contribution in [-0.4, -0.2) is 47.7 Å². The van der Waals surface area contributed by atoms with E-state index in [1.807, 2.05) is 31.3 Å². The number of benzene rings is 1. The Labute approximate surface area is 150 Å². The zero-order valence-corrected chi connectivity index (χ0v) is 15.1. The smallest absolute Gasteiger partial charge is 0.222 e. The van der Waals surface area contributed by atoms with Gasteiger partial charge in [0.1, 0.15) is 12.2 Å². The van der Waals surface area contributed by atoms with Gasteiger partial charge in [-0.1, -0.05) is 12.1 Å². The molecule has 2 heterocycles. The van der Waals surface area contributed by atoms with Gasteiger partial charge in [-0.15, -0.1) is 5.10 Å². The van der Waals surface area contributed by atoms with Gasteiger partial charge >= 0.3 is 0 Å². The Morgan fingerprint density at radius 3 is 2.92 bits per heavy atom. The normalized spacial score (nSPS) is 12.4. The lowest BCUT2D eigenvalue weighted by atomic mass is 10.2. The molecule has 0 saturated heterocycles. The van der Waals surface area contributed by atoms with Crippen LogP contribution in [-0.2, 0) is 18.4 Å². The van der Waals surface area contributed by atoms with Crippen molar-refractivity contribution in [1.29, 1.82) is 0 Å². The quantitative estimate of drug-likeness (QED) is 0.656. The molecule has 0 aliphatic rings. The molecule has 0 bridgehead atoms. The van der Waals surface area contributed by atoms with Gasteiger partial charge in [0.25, 0.3) is 0 Å². The van der Waals surface area contributed by atoms with E-state index in [4.69, 9.17) is 4.98 Å². The number of tetrazole rings is 1. The van der Waals surface area contributed by atoms with Crippen LogP contribution in [0, 0.1) is 0 Å². The molecule has 1 atom stereocenters. The molecule has 0 spiro atoms. The van der Waals surface area contributed by atoms with Crippen molar-refractivity contribution >= 4 is 28.7 Å². The highest BCUT2D eigenvalue weighted by atomic mass is 32.2. The van der Waals surface area contributed by atoms with E-state index in [-0.39, 0.29) is 11.9 Å². The van der Waals surface area contributed by atoms with Crippen LogP contribution in [0.4, 0.5) is 0 Å². The second-order valence-electron chi connectivity index (χ2n) is 5.74. The van der Waals surface area contributed by atoms with E-state index >= 15 is 0 Å². The highest BCUT2D eigenvalue weighted by Crippen LogP contribution is 2.22. The number of carbonyl (C=O) groups excluding carboxylic acids is 1. The van der Waals surface area contributed by atoms with E-state index in [1.165, 1.54) is 6.33 Å². The number of imidazole rings is 1. The molecule has 3 aromatic rings. The average molecular weight is 359 g/mol. The number of rotatable bonds is 8. The van der Waals surface area contributed by atoms with Crippen molar-refractivity contribution in [3.8, 4) is 0 Å². The number of nitrogens with zero attached hydrogens (tertiary/aromatic N) is 6. The van der Waals surface area contributed by atoms with E-state index in [9.17, 15) is 4.79 Å². The Hall–Kier alpha value is -2.42. The predicted octanol–water partition coefficient (Wildman–Crippen LogP) is 1.56. The zero-order valence-electron chi connectivity index (χ0n) is 14.3. The topological polar surface area (TPSA) is 90.5 Å². The first-order valence-electron chi connectivity index (χ1n) is 8.09. The lowest BCUT2D eigenvalue weighted by Gasteiger charge is -2.18. The maximum Gasteiger partial charge on any atom is 0.222 e. The van der Waals surface area contributed by atoms with Crippen LogP contribution in [0.2, 0.25) is 0 Å². The molecule has 0 unspecified atom stereocenters. The summed E-state index contributed by atoms with van der Waals surface area (Å²) in [6, 6.07) is 7.88. The first-order chi connectivity index (χ1) is 12.2. The van der Waals surface area contributed by atoms with Crippen molar-refractivity contribution in [3.63, 3.8) is 0 Å². The second-order valence-corrected chi connectivity index (χ2v) is 6.73. The summed E-state index contributed by atoms with van der Waals surface area (Å²) < 4.78 is 3.60. The van der Waals surface area contributed by atoms with Gasteiger partial charge in [-0.05, 0) is 41.0 Å². The molecule has 3 rings (SSSR count). The zero-order chi connectivity index (χ0) is 17.6. The summed E-state index contributed by atoms with van der Waals surface area (Å²) in [7, 11) is 1.99. The fourth-order valence-corrected chi connectivity index (χ4v) is 3.21. The number of aromatic nitrogens is 6. The second kappa shape index (κ2) is 8.11. The van der Waals surface area contributed by atoms with E-state index in [1.54, 1.807) is 16.4 Å². The SMILES string of the molecule is CSCC[C@H](NC(=O)CCn1cnnn1)c1nc2ccccc2n1C. The Kier molecular flexibility index (Phi) is 5.64. The van der Waals surface area contributed by atoms with Crippen molar-refractivity contribution < 1.29 is 4.79 Å². The Morgan fingerprint density at radius 1 is 1.36 bits per heavy atom. The summed E-state index contributed by atoms with van der Waals surface area (Å²) in [6.45, 7) is 0.455. The molecule has 1 amide bonds. The number of hydrogen-bond acceptors (Lipinski definition) is 6. The lowest BCUT2D eigenvalue weighted by Crippen LogP contribution is -2.31. The third kappa shape index (κ3) is 4.16. The molecule has 132 valence electrons. The van der Waals surface area contributed by atoms with Gasteiger partial charge in [0.2, 0.25) is 5.91 Å². The first-order valence-corrected chi connectivity index (χ1v) is 9.49. The van der Waals surface area contributed by atoms with Crippen molar-refractivity contribution in [2.75, 3.05) is 12.0 Å². The van der Waals surface area contributed by atoms with Crippen LogP contribution in [0.1, 0.15) is 24.7 Å². The van der Waals surface area contributed by atoms with Crippen LogP contribution in [0.5, 0.6) is 0 Å². The van der Waals surface area contributed by atoms with E-state index < -0.39 is 0 Å². The summed E-state index contributed by atoms with van der Waals surface area (Å²) >= 11 is 1.76. The average Bonchev–Trinajstić information content (AvgIpc) is 3.25. The highest BCUT2D eigenvalue weighted by Gasteiger charge is 2.20. The fraction of sp³-hybridized carbons (Fsp3) is 0.438. The van der Waals surface area contributed by atoms with E-state index in [2.05, 4.69) is 31.7 Å². The van der Waals surface area contributed by atoms with Gasteiger partial charge in [0.05, 0.1) is 23.6 Å². The number of amides is 1. The number of nitrogens with one attached hydrogen (secondary N) is 1. The van der Waals surface area contributed by atoms with Gasteiger partial charge < -0.3 is 9.88 Å². The number of carbonyl (C=O) groups is 1. The number of fused-ring (bicyclic) bond motifs is 1. The standard InChI is InChI=1S/C16H21N7OS/c1-22-14-6-4-3-5-12(14)19-16(22)13(8-10-25-2)18-15(24)7-9-23-11-17-20-21-23/h3-6,11,13H,7-10H2,1-2H3,(H,18,24)/t13-/m0/s1. The third-order valence-corrected chi connectivity index (χ3v) is 4.68. The number of thioether (sulfide) groups is 1. The minimum absolute atomic E-state index is 0.0336. The van der Waals surface area contributed by atoms with Crippen LogP contribution in [0.3, 0.4) is 0 Å². The minimum Gasteiger partial charge on any atom is -0.346 e. The molecule has 8 nitrogen and oxygen atoms in total. The van der Waals surface area contributed by atoms with Gasteiger partial charge in [-0.2, -0.15) is 11.8 Å². The maximum atomic E-state index is 12.4. The summed E-state index contributed by atoms with van der Waals surface area (Å²) in [6.07, 6.45) is 4.72. The molecule has 25 heavy (non-hydrogen) atoms. The third-order valence-electron chi connectivity index (χ3n) is 4.04. The summed E-state index contributed by atoms with van der Waals surface area (Å²) in [5.41, 5.74) is 2.01. The summed E-state index contributed by atoms with van der Waals surface area (Å²) in [4.78, 5) is 17.1. The molecule has 1 N–H and O–H groups in total. The van der Waals surface area contributed by atoms with Crippen LogP contribution >= 0.6 is 11.8 Å². The minimum atomic E-state index is -0.119. The fourth-order valence-electron chi connectivity index (χ4n) is 2.74. The van der Waals surface area contributed by atoms with Gasteiger partial charge in [-0.3, -0.25) is 4.79 Å². The molecule has 0 saturated carbocycles. The molecular formula is C16H21N7OS. The van der Waals surface area contributed by atoms with Crippen molar-refractivity contribution in [2.24, 2.45) is 7.05 Å². The predicted molar refractivity (Wildman–Crippen MR) is 97.0 cm³/mol. The number of hydrogen-bond donors (Lipinski definition) is 1. The number of para-hydroxylation sites is 2.